The van der Waals surface area contributed by atoms with Crippen molar-refractivity contribution in [3.05, 3.63) is 36.5 Å². The van der Waals surface area contributed by atoms with Gasteiger partial charge in [0.05, 0.1) is 0 Å². The molecule has 1 heterocycles. The minimum Gasteiger partial charge on any atom is -0.330 e. The van der Waals surface area contributed by atoms with Gasteiger partial charge < -0.3 is 5.73 Å². The number of rotatable bonds is 17. The fraction of sp³-hybridized carbons (Fsp3) is 0.692. The summed E-state index contributed by atoms with van der Waals surface area (Å²) in [6.07, 6.45) is 24.6. The summed E-state index contributed by atoms with van der Waals surface area (Å²) in [5.41, 5.74) is 7.45. The van der Waals surface area contributed by atoms with Crippen molar-refractivity contribution in [3.63, 3.8) is 0 Å². The number of hydrogen-bond donors (Lipinski definition) is 2. The van der Waals surface area contributed by atoms with Crippen LogP contribution >= 0.6 is 0 Å². The molecule has 0 aliphatic rings. The van der Waals surface area contributed by atoms with Gasteiger partial charge in [-0.3, -0.25) is 5.10 Å². The second-order valence-electron chi connectivity index (χ2n) is 8.32. The van der Waals surface area contributed by atoms with E-state index in [0.717, 1.165) is 17.8 Å². The molecular formula is C26H46N4. The Morgan fingerprint density at radius 2 is 1.13 bits per heavy atom. The van der Waals surface area contributed by atoms with E-state index in [4.69, 9.17) is 5.73 Å². The molecule has 3 N–H and O–H groups in total. The lowest BCUT2D eigenvalue weighted by Crippen LogP contribution is -1.97. The molecule has 1 aromatic carbocycles. The molecule has 2 rings (SSSR count). The van der Waals surface area contributed by atoms with Crippen LogP contribution in [0.2, 0.25) is 0 Å². The Morgan fingerprint density at radius 1 is 0.667 bits per heavy atom. The lowest BCUT2D eigenvalue weighted by Gasteiger charge is -2.03. The Hall–Kier alpha value is -1.68. The molecule has 0 aliphatic heterocycles. The lowest BCUT2D eigenvalue weighted by atomic mass is 10.0. The van der Waals surface area contributed by atoms with Gasteiger partial charge in [-0.25, -0.2) is 0 Å². The quantitative estimate of drug-likeness (QED) is 0.261. The molecule has 0 saturated carbocycles. The van der Waals surface area contributed by atoms with E-state index in [1.165, 1.54) is 103 Å². The van der Waals surface area contributed by atoms with Crippen molar-refractivity contribution >= 4 is 0 Å². The van der Waals surface area contributed by atoms with Gasteiger partial charge in [0, 0.05) is 11.8 Å². The third kappa shape index (κ3) is 15.2. The number of hydrogen-bond acceptors (Lipinski definition) is 3. The first-order valence-corrected chi connectivity index (χ1v) is 12.5. The van der Waals surface area contributed by atoms with Gasteiger partial charge in [0.25, 0.3) is 0 Å². The van der Waals surface area contributed by atoms with Crippen molar-refractivity contribution in [2.75, 3.05) is 6.54 Å². The van der Waals surface area contributed by atoms with Crippen molar-refractivity contribution in [3.8, 4) is 11.3 Å². The zero-order valence-corrected chi connectivity index (χ0v) is 19.5. The minimum absolute atomic E-state index is 0.873. The summed E-state index contributed by atoms with van der Waals surface area (Å²) in [5.74, 6) is 0. The van der Waals surface area contributed by atoms with Crippen molar-refractivity contribution in [1.82, 2.24) is 15.4 Å². The smallest absolute Gasteiger partial charge is 0.112 e. The number of aromatic amines is 1. The highest BCUT2D eigenvalue weighted by Gasteiger charge is 1.96. The van der Waals surface area contributed by atoms with Crippen LogP contribution in [0.25, 0.3) is 11.3 Å². The van der Waals surface area contributed by atoms with E-state index in [-0.39, 0.29) is 0 Å². The van der Waals surface area contributed by atoms with E-state index in [0.29, 0.717) is 0 Å². The number of benzene rings is 1. The molecule has 0 unspecified atom stereocenters. The third-order valence-electron chi connectivity index (χ3n) is 5.54. The Balaban J connectivity index is 0.000000340. The van der Waals surface area contributed by atoms with Crippen LogP contribution in [0.5, 0.6) is 0 Å². The summed E-state index contributed by atoms with van der Waals surface area (Å²) in [4.78, 5) is 0. The van der Waals surface area contributed by atoms with Gasteiger partial charge in [-0.05, 0) is 13.0 Å². The summed E-state index contributed by atoms with van der Waals surface area (Å²) in [6.45, 7) is 3.16. The molecule has 0 saturated heterocycles. The van der Waals surface area contributed by atoms with Gasteiger partial charge in [-0.1, -0.05) is 139 Å². The van der Waals surface area contributed by atoms with Crippen molar-refractivity contribution in [2.24, 2.45) is 5.73 Å². The van der Waals surface area contributed by atoms with E-state index in [9.17, 15) is 0 Å². The van der Waals surface area contributed by atoms with Crippen LogP contribution in [0.1, 0.15) is 110 Å². The first kappa shape index (κ1) is 26.4. The summed E-state index contributed by atoms with van der Waals surface area (Å²) < 4.78 is 0. The molecule has 0 aliphatic carbocycles. The van der Waals surface area contributed by atoms with Crippen molar-refractivity contribution in [2.45, 2.75) is 110 Å². The number of nitrogens with two attached hydrogens (primary N) is 1. The summed E-state index contributed by atoms with van der Waals surface area (Å²) in [6, 6.07) is 9.92. The fourth-order valence-corrected chi connectivity index (χ4v) is 3.64. The maximum atomic E-state index is 5.48. The molecule has 0 atom stereocenters. The van der Waals surface area contributed by atoms with Crippen LogP contribution in [0.3, 0.4) is 0 Å². The van der Waals surface area contributed by atoms with Gasteiger partial charge in [0.15, 0.2) is 0 Å². The van der Waals surface area contributed by atoms with E-state index < -0.39 is 0 Å². The molecule has 1 aromatic heterocycles. The zero-order chi connectivity index (χ0) is 21.5. The second-order valence-corrected chi connectivity index (χ2v) is 8.32. The first-order chi connectivity index (χ1) is 14.9. The SMILES string of the molecule is CCCCCCCCCCCCCCCCCCN.c1ccc(-c2c[nH]nn2)cc1. The summed E-state index contributed by atoms with van der Waals surface area (Å²) >= 11 is 0. The molecule has 2 aromatic rings. The maximum absolute atomic E-state index is 5.48. The largest absolute Gasteiger partial charge is 0.330 e. The number of H-pyrrole nitrogens is 1. The molecule has 30 heavy (non-hydrogen) atoms. The Morgan fingerprint density at radius 3 is 1.53 bits per heavy atom. The minimum atomic E-state index is 0.873. The van der Waals surface area contributed by atoms with Gasteiger partial charge in [0.2, 0.25) is 0 Å². The van der Waals surface area contributed by atoms with E-state index in [1.807, 2.05) is 30.3 Å². The molecule has 0 amide bonds. The topological polar surface area (TPSA) is 67.6 Å². The van der Waals surface area contributed by atoms with Gasteiger partial charge >= 0.3 is 0 Å². The third-order valence-corrected chi connectivity index (χ3v) is 5.54. The van der Waals surface area contributed by atoms with Crippen LogP contribution in [0.4, 0.5) is 0 Å². The van der Waals surface area contributed by atoms with Gasteiger partial charge in [0.1, 0.15) is 5.69 Å². The van der Waals surface area contributed by atoms with Crippen LogP contribution in [-0.4, -0.2) is 22.0 Å². The standard InChI is InChI=1S/C18H39N.C8H7N3/c1-2-3-4-5-6-7-8-9-10-11-12-13-14-15-16-17-18-19;1-2-4-7(5-3-1)8-6-9-11-10-8/h2-19H2,1H3;1-6H,(H,9,10,11). The zero-order valence-electron chi connectivity index (χ0n) is 19.5. The Bertz CT molecular complexity index is 538. The lowest BCUT2D eigenvalue weighted by molar-refractivity contribution is 0.530. The molecular weight excluding hydrogens is 368 g/mol. The Labute approximate surface area is 185 Å². The molecule has 0 bridgehead atoms. The second kappa shape index (κ2) is 20.6. The molecule has 0 fully saturated rings. The maximum Gasteiger partial charge on any atom is 0.112 e. The average molecular weight is 415 g/mol. The van der Waals surface area contributed by atoms with E-state index >= 15 is 0 Å². The van der Waals surface area contributed by atoms with Crippen molar-refractivity contribution < 1.29 is 0 Å². The highest BCUT2D eigenvalue weighted by molar-refractivity contribution is 5.56. The van der Waals surface area contributed by atoms with Crippen LogP contribution in [0, 0.1) is 0 Å². The fourth-order valence-electron chi connectivity index (χ4n) is 3.64. The Kier molecular flexibility index (Phi) is 18.1. The number of aromatic nitrogens is 3. The molecule has 0 radical (unpaired) electrons. The first-order valence-electron chi connectivity index (χ1n) is 12.5. The molecule has 4 heteroatoms. The predicted molar refractivity (Wildman–Crippen MR) is 130 cm³/mol. The summed E-state index contributed by atoms with van der Waals surface area (Å²) in [7, 11) is 0. The normalized spacial score (nSPS) is 10.6. The summed E-state index contributed by atoms with van der Waals surface area (Å²) in [5, 5.41) is 10.2. The van der Waals surface area contributed by atoms with Gasteiger partial charge in [-0.2, -0.15) is 0 Å². The van der Waals surface area contributed by atoms with Crippen LogP contribution < -0.4 is 5.73 Å². The molecule has 170 valence electrons. The van der Waals surface area contributed by atoms with Crippen molar-refractivity contribution in [1.29, 1.82) is 0 Å². The predicted octanol–water partition coefficient (Wildman–Crippen LogP) is 7.68. The van der Waals surface area contributed by atoms with Crippen LogP contribution in [0.15, 0.2) is 36.5 Å². The monoisotopic (exact) mass is 414 g/mol. The number of nitrogens with zero attached hydrogens (tertiary/aromatic N) is 2. The molecule has 0 spiro atoms. The highest BCUT2D eigenvalue weighted by atomic mass is 15.3. The van der Waals surface area contributed by atoms with Crippen LogP contribution in [-0.2, 0) is 0 Å². The average Bonchev–Trinajstić information content (AvgIpc) is 3.33. The molecule has 4 nitrogen and oxygen atoms in total. The van der Waals surface area contributed by atoms with E-state index in [1.54, 1.807) is 6.20 Å². The van der Waals surface area contributed by atoms with Gasteiger partial charge in [-0.15, -0.1) is 5.10 Å². The number of unbranched alkanes of at least 4 members (excludes halogenated alkanes) is 15. The highest BCUT2D eigenvalue weighted by Crippen LogP contribution is 2.14. The number of nitrogens with one attached hydrogen (secondary N) is 1. The van der Waals surface area contributed by atoms with E-state index in [2.05, 4.69) is 22.3 Å².